The maximum atomic E-state index is 14.4. The summed E-state index contributed by atoms with van der Waals surface area (Å²) in [6.45, 7) is -6.44. The molecule has 0 unspecified atom stereocenters. The molecule has 62 heavy (non-hydrogen) atoms. The van der Waals surface area contributed by atoms with E-state index in [1.807, 2.05) is 0 Å². The Balaban J connectivity index is 0.000000238. The fraction of sp³-hybridized carbons (Fsp3) is 0. The average molecular weight is 916 g/mol. The van der Waals surface area contributed by atoms with Gasteiger partial charge < -0.3 is 0 Å². The molecule has 0 N–H and O–H groups in total. The van der Waals surface area contributed by atoms with Crippen LogP contribution in [0.2, 0.25) is 0 Å². The molecule has 0 atom stereocenters. The average Bonchev–Trinajstić information content (AvgIpc) is 3.18. The summed E-state index contributed by atoms with van der Waals surface area (Å²) in [5.41, 5.74) is -12.0. The SMILES string of the molecule is Fc1c(F)c(F)c(B(c2c(F)c(F)c(F)c(F)c2F)c2c(F)c(F)c(F)c(F)c2F)c(F)c1F.Fc1cc(F)c(B(c2c(F)cc(F)cc2F)c2c(F)cc(F)cc2F)c(F)c1. The van der Waals surface area contributed by atoms with Gasteiger partial charge in [-0.15, -0.1) is 0 Å². The summed E-state index contributed by atoms with van der Waals surface area (Å²) in [5.74, 6) is -59.7. The largest absolute Gasteiger partial charge is 0.265 e. The van der Waals surface area contributed by atoms with Gasteiger partial charge in [-0.05, 0) is 0 Å². The van der Waals surface area contributed by atoms with E-state index in [4.69, 9.17) is 0 Å². The molecule has 0 fully saturated rings. The van der Waals surface area contributed by atoms with Gasteiger partial charge in [0.1, 0.15) is 52.4 Å². The van der Waals surface area contributed by atoms with Crippen molar-refractivity contribution in [1.82, 2.24) is 0 Å². The van der Waals surface area contributed by atoms with Crippen molar-refractivity contribution in [3.05, 3.63) is 176 Å². The topological polar surface area (TPSA) is 0 Å². The van der Waals surface area contributed by atoms with Crippen LogP contribution in [0.1, 0.15) is 0 Å². The van der Waals surface area contributed by atoms with Gasteiger partial charge in [0.2, 0.25) is 0 Å². The molecule has 26 heteroatoms. The summed E-state index contributed by atoms with van der Waals surface area (Å²) in [4.78, 5) is 0. The van der Waals surface area contributed by atoms with Crippen molar-refractivity contribution < 1.29 is 105 Å². The number of halogens is 24. The molecule has 0 aromatic heterocycles. The Morgan fingerprint density at radius 2 is 0.306 bits per heavy atom. The molecule has 0 bridgehead atoms. The minimum atomic E-state index is -3.96. The normalized spacial score (nSPS) is 11.2. The van der Waals surface area contributed by atoms with E-state index in [1.165, 1.54) is 0 Å². The second-order valence-corrected chi connectivity index (χ2v) is 12.2. The van der Waals surface area contributed by atoms with Crippen molar-refractivity contribution in [1.29, 1.82) is 0 Å². The van der Waals surface area contributed by atoms with Crippen molar-refractivity contribution in [2.75, 3.05) is 0 Å². The molecule has 6 rings (SSSR count). The van der Waals surface area contributed by atoms with Gasteiger partial charge >= 0.3 is 0 Å². The van der Waals surface area contributed by atoms with Crippen LogP contribution in [-0.4, -0.2) is 13.4 Å². The van der Waals surface area contributed by atoms with Crippen molar-refractivity contribution in [2.24, 2.45) is 0 Å². The number of hydrogen-bond donors (Lipinski definition) is 0. The predicted octanol–water partition coefficient (Wildman–Crippen LogP) is 7.74. The molecular formula is C36H6B2F24. The molecule has 324 valence electrons. The van der Waals surface area contributed by atoms with E-state index in [9.17, 15) is 105 Å². The molecule has 0 aliphatic heterocycles. The first-order valence-corrected chi connectivity index (χ1v) is 15.7. The highest BCUT2D eigenvalue weighted by molar-refractivity contribution is 6.96. The van der Waals surface area contributed by atoms with Crippen LogP contribution < -0.4 is 32.8 Å². The van der Waals surface area contributed by atoms with Crippen molar-refractivity contribution in [3.63, 3.8) is 0 Å². The van der Waals surface area contributed by atoms with Crippen LogP contribution in [0.25, 0.3) is 0 Å². The summed E-state index contributed by atoms with van der Waals surface area (Å²) < 4.78 is 334. The Labute approximate surface area is 327 Å². The highest BCUT2D eigenvalue weighted by Crippen LogP contribution is 2.24. The van der Waals surface area contributed by atoms with Crippen LogP contribution in [0.3, 0.4) is 0 Å². The van der Waals surface area contributed by atoms with Gasteiger partial charge in [0, 0.05) is 69.2 Å². The van der Waals surface area contributed by atoms with Crippen LogP contribution in [0.4, 0.5) is 105 Å². The Morgan fingerprint density at radius 1 is 0.177 bits per heavy atom. The van der Waals surface area contributed by atoms with Crippen molar-refractivity contribution in [2.45, 2.75) is 0 Å². The highest BCUT2D eigenvalue weighted by Gasteiger charge is 2.45. The fourth-order valence-corrected chi connectivity index (χ4v) is 5.98. The van der Waals surface area contributed by atoms with Crippen LogP contribution in [0.15, 0.2) is 36.4 Å². The molecule has 0 aliphatic rings. The van der Waals surface area contributed by atoms with E-state index in [0.29, 0.717) is 0 Å². The third kappa shape index (κ3) is 7.89. The summed E-state index contributed by atoms with van der Waals surface area (Å²) in [6.07, 6.45) is 0. The lowest BCUT2D eigenvalue weighted by Gasteiger charge is -2.21. The van der Waals surface area contributed by atoms with E-state index < -0.39 is 186 Å². The van der Waals surface area contributed by atoms with Crippen LogP contribution in [0.5, 0.6) is 0 Å². The third-order valence-electron chi connectivity index (χ3n) is 8.59. The molecule has 6 aromatic rings. The fourth-order valence-electron chi connectivity index (χ4n) is 5.98. The maximum absolute atomic E-state index is 14.4. The Kier molecular flexibility index (Phi) is 13.0. The predicted molar refractivity (Wildman–Crippen MR) is 167 cm³/mol. The minimum absolute atomic E-state index is 0.129. The molecule has 0 radical (unpaired) electrons. The first-order chi connectivity index (χ1) is 28.8. The molecular weight excluding hydrogens is 910 g/mol. The zero-order valence-corrected chi connectivity index (χ0v) is 28.7. The lowest BCUT2D eigenvalue weighted by Crippen LogP contribution is -2.60. The van der Waals surface area contributed by atoms with E-state index in [2.05, 4.69) is 0 Å². The highest BCUT2D eigenvalue weighted by atomic mass is 19.2. The molecule has 0 nitrogen and oxygen atoms in total. The van der Waals surface area contributed by atoms with Gasteiger partial charge in [-0.1, -0.05) is 0 Å². The maximum Gasteiger partial charge on any atom is 0.265 e. The Hall–Kier alpha value is -6.23. The van der Waals surface area contributed by atoms with E-state index >= 15 is 0 Å². The molecule has 0 saturated carbocycles. The number of rotatable bonds is 6. The second-order valence-electron chi connectivity index (χ2n) is 12.2. The Morgan fingerprint density at radius 3 is 0.468 bits per heavy atom. The zero-order chi connectivity index (χ0) is 46.7. The van der Waals surface area contributed by atoms with Gasteiger partial charge in [0.25, 0.3) is 13.4 Å². The standard InChI is InChI=1S/C18BF15.C18H6BF9/c20-4-1(5(21)11(27)16(32)10(4)26)19(2-6(22)12(28)17(33)13(29)7(2)23)3-8(24)14(30)18(34)15(31)9(3)25;20-7-1-10(23)16(11(24)2-7)19(17-12(25)3-8(21)4-13(17)26)18-14(27)5-9(22)6-15(18)28/h;1-6H. The van der Waals surface area contributed by atoms with Gasteiger partial charge in [0.05, 0.1) is 0 Å². The smallest absolute Gasteiger partial charge is 0.207 e. The lowest BCUT2D eigenvalue weighted by molar-refractivity contribution is 0.380. The zero-order valence-electron chi connectivity index (χ0n) is 28.7. The summed E-state index contributed by atoms with van der Waals surface area (Å²) in [6, 6.07) is 0.774. The number of hydrogen-bond acceptors (Lipinski definition) is 0. The molecule has 0 heterocycles. The Bertz CT molecular complexity index is 2370. The molecule has 0 amide bonds. The first-order valence-electron chi connectivity index (χ1n) is 15.7. The first kappa shape index (κ1) is 46.8. The third-order valence-corrected chi connectivity index (χ3v) is 8.59. The van der Waals surface area contributed by atoms with Gasteiger partial charge in [-0.25, -0.2) is 105 Å². The number of benzene rings is 6. The molecule has 0 spiro atoms. The second kappa shape index (κ2) is 17.3. The molecule has 6 aromatic carbocycles. The van der Waals surface area contributed by atoms with Crippen LogP contribution in [-0.2, 0) is 0 Å². The van der Waals surface area contributed by atoms with Crippen LogP contribution >= 0.6 is 0 Å². The lowest BCUT2D eigenvalue weighted by atomic mass is 9.36. The van der Waals surface area contributed by atoms with E-state index in [0.717, 1.165) is 0 Å². The van der Waals surface area contributed by atoms with Crippen molar-refractivity contribution in [3.8, 4) is 0 Å². The van der Waals surface area contributed by atoms with E-state index in [1.54, 1.807) is 0 Å². The summed E-state index contributed by atoms with van der Waals surface area (Å²) >= 11 is 0. The monoisotopic (exact) mass is 916 g/mol. The van der Waals surface area contributed by atoms with Gasteiger partial charge in [0.15, 0.2) is 87.3 Å². The van der Waals surface area contributed by atoms with Gasteiger partial charge in [-0.3, -0.25) is 0 Å². The van der Waals surface area contributed by atoms with Gasteiger partial charge in [-0.2, -0.15) is 0 Å². The molecule has 0 aliphatic carbocycles. The summed E-state index contributed by atoms with van der Waals surface area (Å²) in [5, 5.41) is 0. The molecule has 0 saturated heterocycles. The van der Waals surface area contributed by atoms with Crippen LogP contribution in [0, 0.1) is 140 Å². The summed E-state index contributed by atoms with van der Waals surface area (Å²) in [7, 11) is 0. The van der Waals surface area contributed by atoms with E-state index in [-0.39, 0.29) is 36.4 Å². The minimum Gasteiger partial charge on any atom is -0.207 e. The quantitative estimate of drug-likeness (QED) is 0.0695. The van der Waals surface area contributed by atoms with Crippen molar-refractivity contribution >= 4 is 46.2 Å².